The monoisotopic (exact) mass is 280 g/mol. The predicted octanol–water partition coefficient (Wildman–Crippen LogP) is 4.06. The average molecular weight is 280 g/mol. The lowest BCUT2D eigenvalue weighted by molar-refractivity contribution is 0.489. The highest BCUT2D eigenvalue weighted by molar-refractivity contribution is 7.66. The zero-order valence-electron chi connectivity index (χ0n) is 12.1. The first-order valence-electron chi connectivity index (χ1n) is 7.10. The lowest BCUT2D eigenvalue weighted by Gasteiger charge is -2.16. The molecule has 1 rings (SSSR count). The van der Waals surface area contributed by atoms with Crippen LogP contribution in [0.15, 0.2) is 30.9 Å². The van der Waals surface area contributed by atoms with Gasteiger partial charge in [0, 0.05) is 11.5 Å². The number of hydrogen-bond acceptors (Lipinski definition) is 1. The highest BCUT2D eigenvalue weighted by Crippen LogP contribution is 2.41. The summed E-state index contributed by atoms with van der Waals surface area (Å²) in [6, 6.07) is 5.97. The quantitative estimate of drug-likeness (QED) is 0.576. The largest absolute Gasteiger partial charge is 0.341 e. The fraction of sp³-hybridized carbons (Fsp3) is 0.500. The maximum atomic E-state index is 12.4. The minimum atomic E-state index is -3.24. The fourth-order valence-corrected chi connectivity index (χ4v) is 3.99. The normalized spacial score (nSPS) is 14.1. The molecule has 2 nitrogen and oxygen atoms in total. The van der Waals surface area contributed by atoms with Crippen LogP contribution >= 0.6 is 7.37 Å². The van der Waals surface area contributed by atoms with Crippen LogP contribution in [0.1, 0.15) is 44.2 Å². The van der Waals surface area contributed by atoms with Crippen molar-refractivity contribution in [3.63, 3.8) is 0 Å². The molecule has 1 N–H and O–H groups in total. The van der Waals surface area contributed by atoms with Gasteiger partial charge in [-0.2, -0.15) is 0 Å². The Labute approximate surface area is 117 Å². The van der Waals surface area contributed by atoms with Crippen LogP contribution in [0.5, 0.6) is 0 Å². The second kappa shape index (κ2) is 7.67. The molecule has 1 aromatic rings. The SMILES string of the molecule is C=CCCP(=O)(O)c1ccc(CCC)cc1CCC. The van der Waals surface area contributed by atoms with Gasteiger partial charge in [-0.05, 0) is 36.5 Å². The van der Waals surface area contributed by atoms with Crippen LogP contribution < -0.4 is 5.30 Å². The van der Waals surface area contributed by atoms with Gasteiger partial charge in [0.1, 0.15) is 0 Å². The predicted molar refractivity (Wildman–Crippen MR) is 83.6 cm³/mol. The van der Waals surface area contributed by atoms with Gasteiger partial charge in [0.25, 0.3) is 0 Å². The molecular weight excluding hydrogens is 255 g/mol. The maximum absolute atomic E-state index is 12.4. The van der Waals surface area contributed by atoms with Gasteiger partial charge in [0.15, 0.2) is 0 Å². The van der Waals surface area contributed by atoms with Crippen molar-refractivity contribution < 1.29 is 9.46 Å². The molecular formula is C16H25O2P. The number of benzene rings is 1. The minimum Gasteiger partial charge on any atom is -0.341 e. The molecule has 3 heteroatoms. The van der Waals surface area contributed by atoms with Gasteiger partial charge in [-0.15, -0.1) is 6.58 Å². The van der Waals surface area contributed by atoms with E-state index >= 15 is 0 Å². The van der Waals surface area contributed by atoms with Crippen LogP contribution in [0, 0.1) is 0 Å². The first-order valence-corrected chi connectivity index (χ1v) is 8.94. The first-order chi connectivity index (χ1) is 9.05. The summed E-state index contributed by atoms with van der Waals surface area (Å²) in [6.45, 7) is 7.87. The van der Waals surface area contributed by atoms with E-state index in [-0.39, 0.29) is 0 Å². The highest BCUT2D eigenvalue weighted by atomic mass is 31.2. The van der Waals surface area contributed by atoms with E-state index in [2.05, 4.69) is 26.5 Å². The third kappa shape index (κ3) is 4.63. The third-order valence-electron chi connectivity index (χ3n) is 3.21. The maximum Gasteiger partial charge on any atom is 0.230 e. The van der Waals surface area contributed by atoms with Gasteiger partial charge in [-0.1, -0.05) is 44.9 Å². The smallest absolute Gasteiger partial charge is 0.230 e. The Kier molecular flexibility index (Phi) is 6.54. The minimum absolute atomic E-state index is 0.292. The second-order valence-electron chi connectivity index (χ2n) is 4.97. The van der Waals surface area contributed by atoms with Crippen molar-refractivity contribution in [1.29, 1.82) is 0 Å². The number of allylic oxidation sites excluding steroid dienone is 1. The van der Waals surface area contributed by atoms with E-state index in [4.69, 9.17) is 0 Å². The molecule has 0 aliphatic heterocycles. The Hall–Kier alpha value is -0.850. The lowest BCUT2D eigenvalue weighted by atomic mass is 10.0. The van der Waals surface area contributed by atoms with E-state index in [1.54, 1.807) is 6.08 Å². The van der Waals surface area contributed by atoms with E-state index < -0.39 is 7.37 Å². The summed E-state index contributed by atoms with van der Waals surface area (Å²) >= 11 is 0. The molecule has 1 unspecified atom stereocenters. The molecule has 0 fully saturated rings. The molecule has 0 radical (unpaired) electrons. The molecule has 1 aromatic carbocycles. The van der Waals surface area contributed by atoms with Crippen LogP contribution in [0.25, 0.3) is 0 Å². The molecule has 0 spiro atoms. The molecule has 0 saturated heterocycles. The average Bonchev–Trinajstić information content (AvgIpc) is 2.37. The van der Waals surface area contributed by atoms with Crippen LogP contribution in [0.4, 0.5) is 0 Å². The zero-order valence-corrected chi connectivity index (χ0v) is 13.0. The molecule has 0 saturated carbocycles. The molecule has 0 aromatic heterocycles. The molecule has 0 aliphatic carbocycles. The summed E-state index contributed by atoms with van der Waals surface area (Å²) in [5.74, 6) is 0. The van der Waals surface area contributed by atoms with Gasteiger partial charge in [-0.3, -0.25) is 4.57 Å². The summed E-state index contributed by atoms with van der Waals surface area (Å²) in [6.07, 6.45) is 6.55. The number of aryl methyl sites for hydroxylation is 2. The molecule has 1 atom stereocenters. The summed E-state index contributed by atoms with van der Waals surface area (Å²) in [4.78, 5) is 10.3. The molecule has 0 aliphatic rings. The summed E-state index contributed by atoms with van der Waals surface area (Å²) in [7, 11) is -3.24. The van der Waals surface area contributed by atoms with Gasteiger partial charge in [-0.25, -0.2) is 0 Å². The Balaban J connectivity index is 3.10. The van der Waals surface area contributed by atoms with Gasteiger partial charge >= 0.3 is 0 Å². The Morgan fingerprint density at radius 1 is 1.26 bits per heavy atom. The molecule has 0 heterocycles. The van der Waals surface area contributed by atoms with E-state index in [9.17, 15) is 9.46 Å². The molecule has 0 amide bonds. The van der Waals surface area contributed by atoms with Crippen molar-refractivity contribution in [2.75, 3.05) is 6.16 Å². The van der Waals surface area contributed by atoms with Crippen LogP contribution in [-0.4, -0.2) is 11.1 Å². The van der Waals surface area contributed by atoms with Crippen molar-refractivity contribution in [2.24, 2.45) is 0 Å². The van der Waals surface area contributed by atoms with E-state index in [0.717, 1.165) is 31.2 Å². The molecule has 19 heavy (non-hydrogen) atoms. The Morgan fingerprint density at radius 3 is 2.53 bits per heavy atom. The standard InChI is InChI=1S/C16H25O2P/c1-4-7-12-19(17,18)16-11-10-14(8-5-2)13-15(16)9-6-3/h4,10-11,13H,1,5-9,12H2,2-3H3,(H,17,18). The topological polar surface area (TPSA) is 37.3 Å². The second-order valence-corrected chi connectivity index (χ2v) is 7.30. The van der Waals surface area contributed by atoms with Crippen molar-refractivity contribution in [2.45, 2.75) is 46.0 Å². The number of hydrogen-bond donors (Lipinski definition) is 1. The van der Waals surface area contributed by atoms with E-state index in [1.807, 2.05) is 12.1 Å². The lowest BCUT2D eigenvalue weighted by Crippen LogP contribution is -2.14. The Bertz CT molecular complexity index is 466. The summed E-state index contributed by atoms with van der Waals surface area (Å²) in [5.41, 5.74) is 2.31. The highest BCUT2D eigenvalue weighted by Gasteiger charge is 2.23. The van der Waals surface area contributed by atoms with Gasteiger partial charge in [0.05, 0.1) is 0 Å². The fourth-order valence-electron chi connectivity index (χ4n) is 2.28. The van der Waals surface area contributed by atoms with Crippen molar-refractivity contribution in [3.8, 4) is 0 Å². The van der Waals surface area contributed by atoms with Crippen molar-refractivity contribution in [3.05, 3.63) is 42.0 Å². The van der Waals surface area contributed by atoms with Gasteiger partial charge in [0.2, 0.25) is 7.37 Å². The summed E-state index contributed by atoms with van der Waals surface area (Å²) in [5, 5.41) is 0.649. The van der Waals surface area contributed by atoms with E-state index in [1.165, 1.54) is 5.56 Å². The van der Waals surface area contributed by atoms with Crippen LogP contribution in [-0.2, 0) is 17.4 Å². The van der Waals surface area contributed by atoms with Crippen LogP contribution in [0.2, 0.25) is 0 Å². The molecule has 0 bridgehead atoms. The third-order valence-corrected chi connectivity index (χ3v) is 5.27. The van der Waals surface area contributed by atoms with Crippen LogP contribution in [0.3, 0.4) is 0 Å². The zero-order chi connectivity index (χ0) is 14.3. The van der Waals surface area contributed by atoms with Gasteiger partial charge < -0.3 is 4.89 Å². The summed E-state index contributed by atoms with van der Waals surface area (Å²) < 4.78 is 12.4. The van der Waals surface area contributed by atoms with E-state index in [0.29, 0.717) is 17.9 Å². The van der Waals surface area contributed by atoms with Crippen molar-refractivity contribution in [1.82, 2.24) is 0 Å². The van der Waals surface area contributed by atoms with Crippen molar-refractivity contribution >= 4 is 12.7 Å². The first kappa shape index (κ1) is 16.2. The molecule has 106 valence electrons. The number of rotatable bonds is 8. The Morgan fingerprint density at radius 2 is 1.95 bits per heavy atom.